The van der Waals surface area contributed by atoms with E-state index in [2.05, 4.69) is 29.4 Å². The number of rotatable bonds is 7. The highest BCUT2D eigenvalue weighted by molar-refractivity contribution is 7.89. The maximum atomic E-state index is 12.8. The van der Waals surface area contributed by atoms with Gasteiger partial charge in [-0.25, -0.2) is 13.4 Å². The number of aromatic nitrogens is 1. The van der Waals surface area contributed by atoms with Crippen molar-refractivity contribution >= 4 is 27.5 Å². The van der Waals surface area contributed by atoms with Gasteiger partial charge in [0.05, 0.1) is 0 Å². The zero-order chi connectivity index (χ0) is 20.9. The summed E-state index contributed by atoms with van der Waals surface area (Å²) in [5.74, 6) is 0.201. The molecule has 1 saturated heterocycles. The Labute approximate surface area is 177 Å². The number of hydrogen-bond acceptors (Lipinski definition) is 4. The van der Waals surface area contributed by atoms with Crippen LogP contribution in [0.4, 0.5) is 0 Å². The van der Waals surface area contributed by atoms with Crippen LogP contribution >= 0.6 is 11.6 Å². The Kier molecular flexibility index (Phi) is 7.27. The van der Waals surface area contributed by atoms with Crippen LogP contribution in [0.5, 0.6) is 0 Å². The van der Waals surface area contributed by atoms with Gasteiger partial charge in [0.15, 0.2) is 0 Å². The van der Waals surface area contributed by atoms with Gasteiger partial charge in [0.2, 0.25) is 15.9 Å². The predicted molar refractivity (Wildman–Crippen MR) is 113 cm³/mol. The van der Waals surface area contributed by atoms with E-state index in [1.807, 2.05) is 18.2 Å². The standard InChI is InChI=1S/C21H26ClN3O3S/c1-16(17-6-3-2-4-7-17)9-13-24-21(26)18-10-14-25(15-11-18)29(27,28)19-8-5-12-23-20(19)22/h2-8,12,16,18H,9-11,13-15H2,1H3,(H,24,26). The summed E-state index contributed by atoms with van der Waals surface area (Å²) >= 11 is 5.95. The Morgan fingerprint density at radius 2 is 1.90 bits per heavy atom. The van der Waals surface area contributed by atoms with Crippen molar-refractivity contribution in [3.63, 3.8) is 0 Å². The molecule has 0 bridgehead atoms. The van der Waals surface area contributed by atoms with Crippen LogP contribution in [0.15, 0.2) is 53.6 Å². The maximum Gasteiger partial charge on any atom is 0.246 e. The Morgan fingerprint density at radius 1 is 1.21 bits per heavy atom. The molecule has 156 valence electrons. The van der Waals surface area contributed by atoms with Gasteiger partial charge in [0.25, 0.3) is 0 Å². The third-order valence-corrected chi connectivity index (χ3v) is 7.76. The molecule has 1 aromatic heterocycles. The number of sulfonamides is 1. The molecule has 2 aromatic rings. The molecule has 6 nitrogen and oxygen atoms in total. The van der Waals surface area contributed by atoms with E-state index < -0.39 is 10.0 Å². The highest BCUT2D eigenvalue weighted by Crippen LogP contribution is 2.27. The third-order valence-electron chi connectivity index (χ3n) is 5.41. The van der Waals surface area contributed by atoms with Crippen molar-refractivity contribution in [1.82, 2.24) is 14.6 Å². The van der Waals surface area contributed by atoms with Gasteiger partial charge >= 0.3 is 0 Å². The van der Waals surface area contributed by atoms with Crippen LogP contribution < -0.4 is 5.32 Å². The number of pyridine rings is 1. The smallest absolute Gasteiger partial charge is 0.246 e. The second kappa shape index (κ2) is 9.69. The summed E-state index contributed by atoms with van der Waals surface area (Å²) < 4.78 is 26.9. The largest absolute Gasteiger partial charge is 0.356 e. The van der Waals surface area contributed by atoms with Crippen molar-refractivity contribution in [2.75, 3.05) is 19.6 Å². The predicted octanol–water partition coefficient (Wildman–Crippen LogP) is 3.45. The lowest BCUT2D eigenvalue weighted by Crippen LogP contribution is -2.43. The van der Waals surface area contributed by atoms with Gasteiger partial charge < -0.3 is 5.32 Å². The van der Waals surface area contributed by atoms with E-state index in [4.69, 9.17) is 11.6 Å². The highest BCUT2D eigenvalue weighted by Gasteiger charge is 2.33. The summed E-state index contributed by atoms with van der Waals surface area (Å²) in [5, 5.41) is 2.98. The van der Waals surface area contributed by atoms with Crippen LogP contribution in [0.25, 0.3) is 0 Å². The van der Waals surface area contributed by atoms with E-state index in [1.165, 1.54) is 22.1 Å². The molecule has 1 atom stereocenters. The fourth-order valence-corrected chi connectivity index (χ4v) is 5.46. The summed E-state index contributed by atoms with van der Waals surface area (Å²) in [4.78, 5) is 16.3. The molecule has 2 heterocycles. The summed E-state index contributed by atoms with van der Waals surface area (Å²) in [7, 11) is -3.69. The Morgan fingerprint density at radius 3 is 2.55 bits per heavy atom. The average molecular weight is 436 g/mol. The van der Waals surface area contributed by atoms with Crippen LogP contribution in [0.3, 0.4) is 0 Å². The van der Waals surface area contributed by atoms with Crippen molar-refractivity contribution in [2.24, 2.45) is 5.92 Å². The molecule has 1 aliphatic rings. The molecule has 0 saturated carbocycles. The van der Waals surface area contributed by atoms with Gasteiger partial charge in [-0.15, -0.1) is 0 Å². The van der Waals surface area contributed by atoms with E-state index in [0.717, 1.165) is 6.42 Å². The minimum absolute atomic E-state index is 0.00159. The van der Waals surface area contributed by atoms with Crippen molar-refractivity contribution in [2.45, 2.75) is 37.0 Å². The lowest BCUT2D eigenvalue weighted by Gasteiger charge is -2.30. The fourth-order valence-electron chi connectivity index (χ4n) is 3.57. The number of carbonyl (C=O) groups is 1. The lowest BCUT2D eigenvalue weighted by atomic mass is 9.96. The van der Waals surface area contributed by atoms with Gasteiger partial charge in [-0.3, -0.25) is 4.79 Å². The first kappa shape index (κ1) is 21.7. The summed E-state index contributed by atoms with van der Waals surface area (Å²) in [6.07, 6.45) is 3.31. The SMILES string of the molecule is CC(CCNC(=O)C1CCN(S(=O)(=O)c2cccnc2Cl)CC1)c1ccccc1. The number of amides is 1. The highest BCUT2D eigenvalue weighted by atomic mass is 35.5. The van der Waals surface area contributed by atoms with E-state index >= 15 is 0 Å². The van der Waals surface area contributed by atoms with Crippen molar-refractivity contribution < 1.29 is 13.2 Å². The van der Waals surface area contributed by atoms with Crippen LogP contribution in [0.2, 0.25) is 5.15 Å². The Hall–Kier alpha value is -1.96. The first-order valence-corrected chi connectivity index (χ1v) is 11.6. The van der Waals surface area contributed by atoms with Gasteiger partial charge in [-0.05, 0) is 42.9 Å². The molecule has 1 unspecified atom stereocenters. The Balaban J connectivity index is 1.48. The maximum absolute atomic E-state index is 12.8. The zero-order valence-electron chi connectivity index (χ0n) is 16.4. The molecule has 29 heavy (non-hydrogen) atoms. The van der Waals surface area contributed by atoms with Crippen molar-refractivity contribution in [3.8, 4) is 0 Å². The summed E-state index contributed by atoms with van der Waals surface area (Å²) in [5.41, 5.74) is 1.26. The lowest BCUT2D eigenvalue weighted by molar-refractivity contribution is -0.126. The third kappa shape index (κ3) is 5.35. The average Bonchev–Trinajstić information content (AvgIpc) is 2.74. The first-order valence-electron chi connectivity index (χ1n) is 9.83. The molecular weight excluding hydrogens is 410 g/mol. The molecule has 0 radical (unpaired) electrons. The van der Waals surface area contributed by atoms with E-state index in [0.29, 0.717) is 38.4 Å². The van der Waals surface area contributed by atoms with Crippen molar-refractivity contribution in [1.29, 1.82) is 0 Å². The summed E-state index contributed by atoms with van der Waals surface area (Å²) in [6, 6.07) is 13.2. The fraction of sp³-hybridized carbons (Fsp3) is 0.429. The molecule has 3 rings (SSSR count). The van der Waals surface area contributed by atoms with Gasteiger partial charge in [-0.2, -0.15) is 4.31 Å². The van der Waals surface area contributed by atoms with Crippen LogP contribution in [-0.2, 0) is 14.8 Å². The quantitative estimate of drug-likeness (QED) is 0.675. The van der Waals surface area contributed by atoms with E-state index in [1.54, 1.807) is 6.07 Å². The molecular formula is C21H26ClN3O3S. The van der Waals surface area contributed by atoms with E-state index in [-0.39, 0.29) is 21.9 Å². The normalized spacial score (nSPS) is 17.0. The molecule has 1 aromatic carbocycles. The number of benzene rings is 1. The summed E-state index contributed by atoms with van der Waals surface area (Å²) in [6.45, 7) is 3.35. The minimum Gasteiger partial charge on any atom is -0.356 e. The number of halogens is 1. The van der Waals surface area contributed by atoms with Gasteiger partial charge in [0.1, 0.15) is 10.0 Å². The molecule has 1 aliphatic heterocycles. The number of nitrogens with one attached hydrogen (secondary N) is 1. The molecule has 0 aliphatic carbocycles. The van der Waals surface area contributed by atoms with Gasteiger partial charge in [0, 0.05) is 31.7 Å². The van der Waals surface area contributed by atoms with Crippen molar-refractivity contribution in [3.05, 3.63) is 59.4 Å². The van der Waals surface area contributed by atoms with Crippen LogP contribution in [-0.4, -0.2) is 43.2 Å². The first-order chi connectivity index (χ1) is 13.9. The monoisotopic (exact) mass is 435 g/mol. The molecule has 1 N–H and O–H groups in total. The second-order valence-corrected chi connectivity index (χ2v) is 9.63. The zero-order valence-corrected chi connectivity index (χ0v) is 18.0. The number of carbonyl (C=O) groups excluding carboxylic acids is 1. The second-order valence-electron chi connectivity index (χ2n) is 7.36. The van der Waals surface area contributed by atoms with Crippen LogP contribution in [0.1, 0.15) is 37.7 Å². The van der Waals surface area contributed by atoms with Gasteiger partial charge in [-0.1, -0.05) is 48.9 Å². The number of hydrogen-bond donors (Lipinski definition) is 1. The topological polar surface area (TPSA) is 79.4 Å². The molecule has 0 spiro atoms. The van der Waals surface area contributed by atoms with Crippen LogP contribution in [0, 0.1) is 5.92 Å². The molecule has 1 amide bonds. The minimum atomic E-state index is -3.69. The van der Waals surface area contributed by atoms with E-state index in [9.17, 15) is 13.2 Å². The Bertz CT molecular complexity index is 929. The molecule has 1 fully saturated rings. The molecule has 8 heteroatoms. The number of piperidine rings is 1. The number of nitrogens with zero attached hydrogens (tertiary/aromatic N) is 2.